The van der Waals surface area contributed by atoms with Gasteiger partial charge in [-0.1, -0.05) is 0 Å². The lowest BCUT2D eigenvalue weighted by Gasteiger charge is -2.21. The van der Waals surface area contributed by atoms with Crippen LogP contribution >= 0.6 is 11.3 Å². The van der Waals surface area contributed by atoms with Gasteiger partial charge in [-0.05, 0) is 20.3 Å². The van der Waals surface area contributed by atoms with Crippen LogP contribution in [0.4, 0.5) is 0 Å². The Morgan fingerprint density at radius 3 is 2.82 bits per heavy atom. The van der Waals surface area contributed by atoms with Gasteiger partial charge in [0.2, 0.25) is 0 Å². The first-order valence-corrected chi connectivity index (χ1v) is 10.1. The number of aromatic nitrogens is 4. The van der Waals surface area contributed by atoms with Gasteiger partial charge >= 0.3 is 0 Å². The van der Waals surface area contributed by atoms with Gasteiger partial charge < -0.3 is 24.3 Å². The second kappa shape index (κ2) is 11.1. The van der Waals surface area contributed by atoms with E-state index in [0.29, 0.717) is 19.7 Å². The van der Waals surface area contributed by atoms with E-state index >= 15 is 0 Å². The zero-order chi connectivity index (χ0) is 20.5. The normalized spacial score (nSPS) is 13.0. The number of thiazole rings is 1. The average Bonchev–Trinajstić information content (AvgIpc) is 3.28. The summed E-state index contributed by atoms with van der Waals surface area (Å²) in [5, 5.41) is 14.7. The van der Waals surface area contributed by atoms with Gasteiger partial charge in [0.25, 0.3) is 0 Å². The molecule has 1 atom stereocenters. The number of nitrogens with one attached hydrogen (secondary N) is 1. The molecule has 0 aliphatic carbocycles. The Hall–Kier alpha value is -2.04. The molecular weight excluding hydrogens is 378 g/mol. The van der Waals surface area contributed by atoms with Crippen molar-refractivity contribution in [2.75, 3.05) is 34.4 Å². The van der Waals surface area contributed by atoms with E-state index in [9.17, 15) is 0 Å². The fourth-order valence-corrected chi connectivity index (χ4v) is 3.31. The zero-order valence-electron chi connectivity index (χ0n) is 17.6. The highest BCUT2D eigenvalue weighted by Gasteiger charge is 2.13. The van der Waals surface area contributed by atoms with Crippen LogP contribution in [0.1, 0.15) is 41.8 Å². The summed E-state index contributed by atoms with van der Waals surface area (Å²) in [5.74, 6) is 2.49. The number of aryl methyl sites for hydroxylation is 1. The molecule has 0 bridgehead atoms. The Balaban J connectivity index is 2.06. The molecule has 156 valence electrons. The summed E-state index contributed by atoms with van der Waals surface area (Å²) in [7, 11) is 7.35. The summed E-state index contributed by atoms with van der Waals surface area (Å²) in [6.07, 6.45) is 0.905. The molecule has 0 amide bonds. The van der Waals surface area contributed by atoms with E-state index in [-0.39, 0.29) is 6.10 Å². The van der Waals surface area contributed by atoms with Gasteiger partial charge in [0.15, 0.2) is 11.8 Å². The van der Waals surface area contributed by atoms with Crippen LogP contribution in [0.3, 0.4) is 0 Å². The molecule has 28 heavy (non-hydrogen) atoms. The second-order valence-electron chi connectivity index (χ2n) is 6.55. The minimum atomic E-state index is 0.00326. The summed E-state index contributed by atoms with van der Waals surface area (Å²) < 4.78 is 12.4. The number of nitrogens with zero attached hydrogens (tertiary/aromatic N) is 6. The second-order valence-corrected chi connectivity index (χ2v) is 7.44. The van der Waals surface area contributed by atoms with Crippen LogP contribution in [-0.4, -0.2) is 65.0 Å². The minimum Gasteiger partial charge on any atom is -0.385 e. The van der Waals surface area contributed by atoms with Crippen LogP contribution in [0.15, 0.2) is 10.4 Å². The van der Waals surface area contributed by atoms with Crippen molar-refractivity contribution in [2.24, 2.45) is 12.0 Å². The van der Waals surface area contributed by atoms with Gasteiger partial charge in [-0.15, -0.1) is 21.5 Å². The van der Waals surface area contributed by atoms with Crippen LogP contribution in [0.2, 0.25) is 0 Å². The highest BCUT2D eigenvalue weighted by Crippen LogP contribution is 2.20. The molecule has 1 unspecified atom stereocenters. The van der Waals surface area contributed by atoms with E-state index < -0.39 is 0 Å². The molecular formula is C18H31N7O2S. The van der Waals surface area contributed by atoms with Gasteiger partial charge in [0, 0.05) is 46.8 Å². The Morgan fingerprint density at radius 1 is 1.39 bits per heavy atom. The molecule has 0 aromatic carbocycles. The number of rotatable bonds is 10. The number of ether oxygens (including phenoxy) is 2. The van der Waals surface area contributed by atoms with E-state index in [1.54, 1.807) is 25.6 Å². The van der Waals surface area contributed by atoms with Crippen molar-refractivity contribution in [1.29, 1.82) is 0 Å². The summed E-state index contributed by atoms with van der Waals surface area (Å²) >= 11 is 1.61. The molecule has 2 heterocycles. The number of hydrogen-bond donors (Lipinski definition) is 1. The maximum Gasteiger partial charge on any atom is 0.194 e. The number of methoxy groups -OCH3 is 2. The van der Waals surface area contributed by atoms with E-state index in [0.717, 1.165) is 41.3 Å². The molecule has 1 N–H and O–H groups in total. The van der Waals surface area contributed by atoms with Crippen molar-refractivity contribution in [2.45, 2.75) is 39.5 Å². The maximum absolute atomic E-state index is 5.35. The van der Waals surface area contributed by atoms with Crippen molar-refractivity contribution in [3.05, 3.63) is 27.7 Å². The van der Waals surface area contributed by atoms with Gasteiger partial charge in [-0.2, -0.15) is 0 Å². The van der Waals surface area contributed by atoms with Gasteiger partial charge in [0.05, 0.1) is 12.2 Å². The third-order valence-electron chi connectivity index (χ3n) is 4.39. The Labute approximate surface area is 170 Å². The zero-order valence-corrected chi connectivity index (χ0v) is 18.4. The largest absolute Gasteiger partial charge is 0.385 e. The van der Waals surface area contributed by atoms with Gasteiger partial charge in [-0.25, -0.2) is 9.98 Å². The van der Waals surface area contributed by atoms with Gasteiger partial charge in [-0.3, -0.25) is 0 Å². The summed E-state index contributed by atoms with van der Waals surface area (Å²) in [6, 6.07) is 0. The van der Waals surface area contributed by atoms with Crippen LogP contribution in [0.5, 0.6) is 0 Å². The first-order valence-electron chi connectivity index (χ1n) is 9.26. The molecule has 2 aromatic heterocycles. The van der Waals surface area contributed by atoms with Crippen molar-refractivity contribution in [1.82, 2.24) is 30.0 Å². The lowest BCUT2D eigenvalue weighted by atomic mass is 10.4. The van der Waals surface area contributed by atoms with E-state index in [1.807, 2.05) is 32.5 Å². The van der Waals surface area contributed by atoms with Crippen LogP contribution in [0, 0.1) is 6.92 Å². The van der Waals surface area contributed by atoms with E-state index in [2.05, 4.69) is 30.8 Å². The van der Waals surface area contributed by atoms with E-state index in [4.69, 9.17) is 14.5 Å². The SMILES string of the molecule is COCCCNC(=NCc1nnc(C)n1C)N(C)Cc1csc(C(C)OC)n1. The third-order valence-corrected chi connectivity index (χ3v) is 5.45. The molecule has 0 aliphatic heterocycles. The number of hydrogen-bond acceptors (Lipinski definition) is 7. The first kappa shape index (κ1) is 22.3. The molecule has 0 radical (unpaired) electrons. The molecule has 10 heteroatoms. The van der Waals surface area contributed by atoms with Crippen molar-refractivity contribution < 1.29 is 9.47 Å². The summed E-state index contributed by atoms with van der Waals surface area (Å²) in [4.78, 5) is 11.5. The molecule has 9 nitrogen and oxygen atoms in total. The van der Waals surface area contributed by atoms with Gasteiger partial charge in [0.1, 0.15) is 23.5 Å². The topological polar surface area (TPSA) is 89.7 Å². The fourth-order valence-electron chi connectivity index (χ4n) is 2.46. The van der Waals surface area contributed by atoms with Crippen molar-refractivity contribution >= 4 is 17.3 Å². The number of guanidine groups is 1. The average molecular weight is 410 g/mol. The summed E-state index contributed by atoms with van der Waals surface area (Å²) in [6.45, 7) is 6.52. The first-order chi connectivity index (χ1) is 13.5. The third kappa shape index (κ3) is 6.25. The highest BCUT2D eigenvalue weighted by atomic mass is 32.1. The summed E-state index contributed by atoms with van der Waals surface area (Å²) in [5.41, 5.74) is 0.993. The maximum atomic E-state index is 5.35. The lowest BCUT2D eigenvalue weighted by Crippen LogP contribution is -2.39. The lowest BCUT2D eigenvalue weighted by molar-refractivity contribution is 0.119. The predicted molar refractivity (Wildman–Crippen MR) is 110 cm³/mol. The molecule has 2 aromatic rings. The molecule has 0 saturated carbocycles. The predicted octanol–water partition coefficient (Wildman–Crippen LogP) is 1.90. The van der Waals surface area contributed by atoms with Crippen molar-refractivity contribution in [3.8, 4) is 0 Å². The Morgan fingerprint density at radius 2 is 2.18 bits per heavy atom. The molecule has 0 saturated heterocycles. The monoisotopic (exact) mass is 409 g/mol. The number of aliphatic imine (C=N–C) groups is 1. The quantitative estimate of drug-likeness (QED) is 0.364. The Bertz CT molecular complexity index is 759. The highest BCUT2D eigenvalue weighted by molar-refractivity contribution is 7.09. The van der Waals surface area contributed by atoms with Crippen LogP contribution < -0.4 is 5.32 Å². The smallest absolute Gasteiger partial charge is 0.194 e. The minimum absolute atomic E-state index is 0.00326. The molecule has 0 aliphatic rings. The fraction of sp³-hybridized carbons (Fsp3) is 0.667. The Kier molecular flexibility index (Phi) is 8.81. The van der Waals surface area contributed by atoms with Crippen LogP contribution in [-0.2, 0) is 29.6 Å². The molecule has 2 rings (SSSR count). The van der Waals surface area contributed by atoms with E-state index in [1.165, 1.54) is 0 Å². The standard InChI is InChI=1S/C18H31N7O2S/c1-13(27-6)17-21-15(12-28-17)11-24(3)18(19-8-7-9-26-5)20-10-16-23-22-14(2)25(16)4/h12-13H,7-11H2,1-6H3,(H,19,20). The van der Waals surface area contributed by atoms with Crippen molar-refractivity contribution in [3.63, 3.8) is 0 Å². The molecule has 0 spiro atoms. The molecule has 0 fully saturated rings. The van der Waals surface area contributed by atoms with Crippen LogP contribution in [0.25, 0.3) is 0 Å².